The number of aryl methyl sites for hydroxylation is 1. The van der Waals surface area contributed by atoms with E-state index in [9.17, 15) is 14.6 Å². The van der Waals surface area contributed by atoms with E-state index in [-0.39, 0.29) is 30.2 Å². The Hall–Kier alpha value is -3.05. The van der Waals surface area contributed by atoms with Crippen molar-refractivity contribution in [3.05, 3.63) is 89.0 Å². The molecule has 0 unspecified atom stereocenters. The molecule has 0 aromatic heterocycles. The molecule has 2 N–H and O–H groups in total. The van der Waals surface area contributed by atoms with Crippen molar-refractivity contribution >= 4 is 0 Å². The number of phenolic OH excluding ortho intramolecular Hbond substituents is 2. The molecule has 1 aliphatic carbocycles. The molecule has 1 heterocycles. The summed E-state index contributed by atoms with van der Waals surface area (Å²) in [5.41, 5.74) is 4.85. The van der Waals surface area contributed by atoms with Gasteiger partial charge in [-0.25, -0.2) is 0 Å². The maximum atomic E-state index is 12.8. The fourth-order valence-corrected chi connectivity index (χ4v) is 5.60. The topological polar surface area (TPSA) is 52.9 Å². The number of hydrogen-bond acceptors (Lipinski definition) is 4. The predicted molar refractivity (Wildman–Crippen MR) is 132 cm³/mol. The van der Waals surface area contributed by atoms with Gasteiger partial charge in [0.05, 0.1) is 6.67 Å². The average molecular weight is 462 g/mol. The lowest BCUT2D eigenvalue weighted by Gasteiger charge is -2.35. The second kappa shape index (κ2) is 10.1. The van der Waals surface area contributed by atoms with Gasteiger partial charge in [-0.05, 0) is 90.4 Å². The Morgan fingerprint density at radius 3 is 2.35 bits per heavy atom. The lowest BCUT2D eigenvalue weighted by Crippen LogP contribution is -2.26. The van der Waals surface area contributed by atoms with Crippen molar-refractivity contribution in [2.75, 3.05) is 32.9 Å². The van der Waals surface area contributed by atoms with Crippen molar-refractivity contribution in [2.45, 2.75) is 31.1 Å². The Labute approximate surface area is 200 Å². The van der Waals surface area contributed by atoms with Crippen molar-refractivity contribution in [3.8, 4) is 17.2 Å². The Morgan fingerprint density at radius 2 is 1.62 bits per heavy atom. The van der Waals surface area contributed by atoms with Crippen LogP contribution in [0, 0.1) is 5.92 Å². The molecule has 178 valence electrons. The summed E-state index contributed by atoms with van der Waals surface area (Å²) in [4.78, 5) is 2.27. The van der Waals surface area contributed by atoms with Crippen molar-refractivity contribution in [1.82, 2.24) is 4.90 Å². The van der Waals surface area contributed by atoms with Crippen LogP contribution in [0.3, 0.4) is 0 Å². The molecule has 3 atom stereocenters. The summed E-state index contributed by atoms with van der Waals surface area (Å²) in [7, 11) is 0. The van der Waals surface area contributed by atoms with Gasteiger partial charge in [-0.2, -0.15) is 0 Å². The van der Waals surface area contributed by atoms with Crippen LogP contribution in [-0.2, 0) is 6.42 Å². The number of halogens is 1. The first kappa shape index (κ1) is 22.7. The van der Waals surface area contributed by atoms with Crippen LogP contribution in [0.2, 0.25) is 0 Å². The first-order chi connectivity index (χ1) is 16.6. The van der Waals surface area contributed by atoms with E-state index in [0.29, 0.717) is 12.4 Å². The summed E-state index contributed by atoms with van der Waals surface area (Å²) in [5, 5.41) is 19.8. The SMILES string of the molecule is Oc1ccc([C@H]2CCc3cc(O)ccc3[C@H]2c2ccc(OCCN3CC[C@@H](CF)C3)cc2)cc1. The number of alkyl halides is 1. The summed E-state index contributed by atoms with van der Waals surface area (Å²) in [6.07, 6.45) is 2.82. The fourth-order valence-electron chi connectivity index (χ4n) is 5.60. The largest absolute Gasteiger partial charge is 0.508 e. The fraction of sp³-hybridized carbons (Fsp3) is 0.379. The molecule has 0 saturated carbocycles. The van der Waals surface area contributed by atoms with Gasteiger partial charge in [0.2, 0.25) is 0 Å². The number of phenols is 2. The highest BCUT2D eigenvalue weighted by molar-refractivity contribution is 5.48. The normalized spacial score (nSPS) is 22.4. The van der Waals surface area contributed by atoms with Crippen LogP contribution >= 0.6 is 0 Å². The van der Waals surface area contributed by atoms with Crippen LogP contribution in [0.4, 0.5) is 4.39 Å². The van der Waals surface area contributed by atoms with Gasteiger partial charge in [-0.15, -0.1) is 0 Å². The molecule has 1 fully saturated rings. The number of fused-ring (bicyclic) bond motifs is 1. The Bertz CT molecular complexity index is 1100. The van der Waals surface area contributed by atoms with Crippen molar-refractivity contribution in [2.24, 2.45) is 5.92 Å². The summed E-state index contributed by atoms with van der Waals surface area (Å²) >= 11 is 0. The van der Waals surface area contributed by atoms with Gasteiger partial charge in [0.1, 0.15) is 23.9 Å². The van der Waals surface area contributed by atoms with E-state index in [1.54, 1.807) is 18.2 Å². The van der Waals surface area contributed by atoms with E-state index < -0.39 is 0 Å². The highest BCUT2D eigenvalue weighted by Crippen LogP contribution is 2.47. The molecular weight excluding hydrogens is 429 g/mol. The number of ether oxygens (including phenoxy) is 1. The first-order valence-corrected chi connectivity index (χ1v) is 12.2. The van der Waals surface area contributed by atoms with Crippen molar-refractivity contribution in [1.29, 1.82) is 0 Å². The molecular formula is C29H32FNO3. The first-order valence-electron chi connectivity index (χ1n) is 12.2. The summed E-state index contributed by atoms with van der Waals surface area (Å²) < 4.78 is 18.8. The smallest absolute Gasteiger partial charge is 0.119 e. The van der Waals surface area contributed by atoms with Gasteiger partial charge < -0.3 is 14.9 Å². The molecule has 5 rings (SSSR count). The Balaban J connectivity index is 1.33. The van der Waals surface area contributed by atoms with Crippen LogP contribution < -0.4 is 4.74 Å². The number of likely N-dealkylation sites (tertiary alicyclic amines) is 1. The van der Waals surface area contributed by atoms with Crippen molar-refractivity contribution in [3.63, 3.8) is 0 Å². The monoisotopic (exact) mass is 461 g/mol. The van der Waals surface area contributed by atoms with Gasteiger partial charge in [0.25, 0.3) is 0 Å². The van der Waals surface area contributed by atoms with Gasteiger partial charge in [-0.1, -0.05) is 30.3 Å². The minimum absolute atomic E-state index is 0.158. The van der Waals surface area contributed by atoms with E-state index in [2.05, 4.69) is 17.0 Å². The zero-order valence-electron chi connectivity index (χ0n) is 19.4. The highest BCUT2D eigenvalue weighted by Gasteiger charge is 2.32. The molecule has 0 spiro atoms. The molecule has 3 aromatic rings. The zero-order valence-corrected chi connectivity index (χ0v) is 19.4. The Morgan fingerprint density at radius 1 is 0.882 bits per heavy atom. The maximum Gasteiger partial charge on any atom is 0.119 e. The number of rotatable bonds is 7. The van der Waals surface area contributed by atoms with Gasteiger partial charge in [0.15, 0.2) is 0 Å². The average Bonchev–Trinajstić information content (AvgIpc) is 3.32. The lowest BCUT2D eigenvalue weighted by molar-refractivity contribution is 0.228. The molecule has 34 heavy (non-hydrogen) atoms. The summed E-state index contributed by atoms with van der Waals surface area (Å²) in [6.45, 7) is 2.97. The molecule has 0 amide bonds. The quantitative estimate of drug-likeness (QED) is 0.479. The van der Waals surface area contributed by atoms with Gasteiger partial charge in [-0.3, -0.25) is 9.29 Å². The zero-order chi connectivity index (χ0) is 23.5. The lowest BCUT2D eigenvalue weighted by atomic mass is 9.69. The van der Waals surface area contributed by atoms with Crippen LogP contribution in [0.15, 0.2) is 66.7 Å². The molecule has 4 nitrogen and oxygen atoms in total. The Kier molecular flexibility index (Phi) is 6.73. The minimum atomic E-state index is -0.228. The second-order valence-electron chi connectivity index (χ2n) is 9.62. The van der Waals surface area contributed by atoms with Gasteiger partial charge in [0, 0.05) is 24.9 Å². The third-order valence-corrected chi connectivity index (χ3v) is 7.41. The number of aromatic hydroxyl groups is 2. The summed E-state index contributed by atoms with van der Waals surface area (Å²) in [6, 6.07) is 21.6. The van der Waals surface area contributed by atoms with Crippen LogP contribution in [0.5, 0.6) is 17.2 Å². The molecule has 2 aliphatic rings. The van der Waals surface area contributed by atoms with E-state index in [4.69, 9.17) is 4.74 Å². The van der Waals surface area contributed by atoms with Crippen LogP contribution in [0.1, 0.15) is 46.9 Å². The van der Waals surface area contributed by atoms with E-state index >= 15 is 0 Å². The molecule has 5 heteroatoms. The van der Waals surface area contributed by atoms with Gasteiger partial charge >= 0.3 is 0 Å². The van der Waals surface area contributed by atoms with Crippen LogP contribution in [0.25, 0.3) is 0 Å². The van der Waals surface area contributed by atoms with Crippen molar-refractivity contribution < 1.29 is 19.3 Å². The highest BCUT2D eigenvalue weighted by atomic mass is 19.1. The summed E-state index contributed by atoms with van der Waals surface area (Å²) in [5.74, 6) is 2.04. The minimum Gasteiger partial charge on any atom is -0.508 e. The number of nitrogens with zero attached hydrogens (tertiary/aromatic N) is 1. The van der Waals surface area contributed by atoms with E-state index in [0.717, 1.165) is 44.6 Å². The van der Waals surface area contributed by atoms with E-state index in [1.807, 2.05) is 36.4 Å². The third kappa shape index (κ3) is 4.90. The molecule has 1 saturated heterocycles. The predicted octanol–water partition coefficient (Wildman–Crippen LogP) is 5.63. The molecule has 1 aliphatic heterocycles. The molecule has 0 bridgehead atoms. The second-order valence-corrected chi connectivity index (χ2v) is 9.62. The molecule has 0 radical (unpaired) electrons. The number of hydrogen-bond donors (Lipinski definition) is 2. The standard InChI is InChI=1S/C29H32FNO3/c30-18-20-13-14-31(19-20)15-16-34-26-9-3-22(4-10-26)29-27(21-1-6-24(32)7-2-21)11-5-23-17-25(33)8-12-28(23)29/h1-4,6-10,12,17,20,27,29,32-33H,5,11,13-16,18-19H2/t20-,27+,29-/m0/s1. The maximum absolute atomic E-state index is 12.8. The number of benzene rings is 3. The third-order valence-electron chi connectivity index (χ3n) is 7.41. The van der Waals surface area contributed by atoms with Crippen LogP contribution in [-0.4, -0.2) is 48.0 Å². The van der Waals surface area contributed by atoms with E-state index in [1.165, 1.54) is 22.3 Å². The molecule has 3 aromatic carbocycles.